The van der Waals surface area contributed by atoms with Crippen molar-refractivity contribution in [1.82, 2.24) is 0 Å². The van der Waals surface area contributed by atoms with Gasteiger partial charge in [0.25, 0.3) is 0 Å². The second-order valence-corrected chi connectivity index (χ2v) is 5.33. The summed E-state index contributed by atoms with van der Waals surface area (Å²) in [6.07, 6.45) is 9.44. The Kier molecular flexibility index (Phi) is 3.18. The van der Waals surface area contributed by atoms with E-state index in [1.54, 1.807) is 0 Å². The van der Waals surface area contributed by atoms with Crippen LogP contribution in [0.5, 0.6) is 0 Å². The first-order valence-corrected chi connectivity index (χ1v) is 6.89. The van der Waals surface area contributed by atoms with Gasteiger partial charge in [-0.3, -0.25) is 4.79 Å². The van der Waals surface area contributed by atoms with Crippen LogP contribution in [-0.4, -0.2) is 5.91 Å². The molecule has 1 amide bonds. The highest BCUT2D eigenvalue weighted by Crippen LogP contribution is 2.51. The van der Waals surface area contributed by atoms with Gasteiger partial charge in [-0.2, -0.15) is 0 Å². The molecule has 2 aliphatic carbocycles. The van der Waals surface area contributed by atoms with Crippen molar-refractivity contribution in [3.63, 3.8) is 0 Å². The molecule has 1 fully saturated rings. The van der Waals surface area contributed by atoms with Gasteiger partial charge in [-0.1, -0.05) is 36.8 Å². The molecule has 0 heterocycles. The Labute approximate surface area is 108 Å². The van der Waals surface area contributed by atoms with Crippen LogP contribution in [0.25, 0.3) is 0 Å². The minimum atomic E-state index is 0.197. The van der Waals surface area contributed by atoms with E-state index in [-0.39, 0.29) is 11.8 Å². The molecule has 0 bridgehead atoms. The lowest BCUT2D eigenvalue weighted by atomic mass is 10.1. The number of rotatable bonds is 2. The first kappa shape index (κ1) is 11.5. The standard InChI is InChI=1S/C16H19NO/c18-16(17-12-8-4-3-5-9-12)15-13-10-6-1-2-7-11-14(13)15/h3-6,8-10,13-15H,1-2,7,11H2,(H,17,18)/t13-,14+,15+/m1/s1. The molecule has 0 radical (unpaired) electrons. The number of nitrogens with one attached hydrogen (secondary N) is 1. The van der Waals surface area contributed by atoms with Crippen molar-refractivity contribution in [2.45, 2.75) is 25.7 Å². The van der Waals surface area contributed by atoms with Gasteiger partial charge in [0.05, 0.1) is 0 Å². The molecular formula is C16H19NO. The van der Waals surface area contributed by atoms with E-state index in [9.17, 15) is 4.79 Å². The predicted octanol–water partition coefficient (Wildman–Crippen LogP) is 3.62. The summed E-state index contributed by atoms with van der Waals surface area (Å²) < 4.78 is 0. The monoisotopic (exact) mass is 241 g/mol. The fraction of sp³-hybridized carbons (Fsp3) is 0.438. The van der Waals surface area contributed by atoms with E-state index in [1.807, 2.05) is 30.3 Å². The van der Waals surface area contributed by atoms with Crippen LogP contribution in [0.1, 0.15) is 25.7 Å². The maximum absolute atomic E-state index is 12.2. The van der Waals surface area contributed by atoms with Gasteiger partial charge >= 0.3 is 0 Å². The van der Waals surface area contributed by atoms with Crippen molar-refractivity contribution in [1.29, 1.82) is 0 Å². The van der Waals surface area contributed by atoms with E-state index in [2.05, 4.69) is 17.5 Å². The number of carbonyl (C=O) groups excluding carboxylic acids is 1. The van der Waals surface area contributed by atoms with Crippen LogP contribution in [0, 0.1) is 17.8 Å². The zero-order chi connectivity index (χ0) is 12.4. The molecule has 3 rings (SSSR count). The topological polar surface area (TPSA) is 29.1 Å². The van der Waals surface area contributed by atoms with Crippen molar-refractivity contribution < 1.29 is 4.79 Å². The van der Waals surface area contributed by atoms with Crippen LogP contribution in [0.2, 0.25) is 0 Å². The molecule has 1 N–H and O–H groups in total. The lowest BCUT2D eigenvalue weighted by Crippen LogP contribution is -2.15. The molecule has 0 aliphatic heterocycles. The highest BCUT2D eigenvalue weighted by atomic mass is 16.2. The number of hydrogen-bond acceptors (Lipinski definition) is 1. The lowest BCUT2D eigenvalue weighted by Gasteiger charge is -2.04. The number of anilines is 1. The average molecular weight is 241 g/mol. The van der Waals surface area contributed by atoms with E-state index in [0.29, 0.717) is 11.8 Å². The number of benzene rings is 1. The minimum Gasteiger partial charge on any atom is -0.326 e. The Hall–Kier alpha value is -1.57. The number of hydrogen-bond donors (Lipinski definition) is 1. The number of fused-ring (bicyclic) bond motifs is 1. The first-order chi connectivity index (χ1) is 8.86. The van der Waals surface area contributed by atoms with Crippen molar-refractivity contribution >= 4 is 11.6 Å². The van der Waals surface area contributed by atoms with Crippen LogP contribution >= 0.6 is 0 Å². The first-order valence-electron chi connectivity index (χ1n) is 6.89. The molecular weight excluding hydrogens is 222 g/mol. The molecule has 94 valence electrons. The smallest absolute Gasteiger partial charge is 0.228 e. The van der Waals surface area contributed by atoms with Gasteiger partial charge in [-0.05, 0) is 43.2 Å². The molecule has 3 atom stereocenters. The largest absolute Gasteiger partial charge is 0.326 e. The quantitative estimate of drug-likeness (QED) is 0.787. The maximum atomic E-state index is 12.2. The third-order valence-corrected chi connectivity index (χ3v) is 4.09. The van der Waals surface area contributed by atoms with Crippen molar-refractivity contribution in [3.8, 4) is 0 Å². The van der Waals surface area contributed by atoms with Gasteiger partial charge in [-0.25, -0.2) is 0 Å². The summed E-state index contributed by atoms with van der Waals surface area (Å²) in [5, 5.41) is 3.03. The Morgan fingerprint density at radius 1 is 1.17 bits per heavy atom. The number of allylic oxidation sites excluding steroid dienone is 2. The van der Waals surface area contributed by atoms with Crippen LogP contribution in [0.15, 0.2) is 42.5 Å². The maximum Gasteiger partial charge on any atom is 0.228 e. The fourth-order valence-electron chi connectivity index (χ4n) is 3.05. The fourth-order valence-corrected chi connectivity index (χ4v) is 3.05. The van der Waals surface area contributed by atoms with Gasteiger partial charge in [-0.15, -0.1) is 0 Å². The van der Waals surface area contributed by atoms with E-state index in [4.69, 9.17) is 0 Å². The van der Waals surface area contributed by atoms with Crippen molar-refractivity contribution in [2.75, 3.05) is 5.32 Å². The van der Waals surface area contributed by atoms with E-state index >= 15 is 0 Å². The normalized spacial score (nSPS) is 29.9. The Balaban J connectivity index is 1.64. The SMILES string of the molecule is O=C(Nc1ccccc1)[C@H]1[C@@H]2C=CCCCC[C@@H]21. The van der Waals surface area contributed by atoms with Crippen LogP contribution in [0.4, 0.5) is 5.69 Å². The summed E-state index contributed by atoms with van der Waals surface area (Å²) in [6.45, 7) is 0. The third-order valence-electron chi connectivity index (χ3n) is 4.09. The molecule has 0 aromatic heterocycles. The summed E-state index contributed by atoms with van der Waals surface area (Å²) in [4.78, 5) is 12.2. The van der Waals surface area contributed by atoms with Crippen molar-refractivity contribution in [3.05, 3.63) is 42.5 Å². The Bertz CT molecular complexity index is 451. The second kappa shape index (κ2) is 4.97. The molecule has 2 aliphatic rings. The van der Waals surface area contributed by atoms with Gasteiger partial charge in [0.2, 0.25) is 5.91 Å². The predicted molar refractivity (Wildman–Crippen MR) is 73.1 cm³/mol. The highest BCUT2D eigenvalue weighted by molar-refractivity contribution is 5.95. The summed E-state index contributed by atoms with van der Waals surface area (Å²) in [7, 11) is 0. The zero-order valence-corrected chi connectivity index (χ0v) is 10.5. The minimum absolute atomic E-state index is 0.197. The number of para-hydroxylation sites is 1. The average Bonchev–Trinajstić information content (AvgIpc) is 3.02. The van der Waals surface area contributed by atoms with Gasteiger partial charge in [0.15, 0.2) is 0 Å². The lowest BCUT2D eigenvalue weighted by molar-refractivity contribution is -0.117. The van der Waals surface area contributed by atoms with Gasteiger partial charge in [0.1, 0.15) is 0 Å². The Morgan fingerprint density at radius 3 is 2.83 bits per heavy atom. The summed E-state index contributed by atoms with van der Waals surface area (Å²) >= 11 is 0. The molecule has 2 nitrogen and oxygen atoms in total. The third kappa shape index (κ3) is 2.33. The molecule has 0 unspecified atom stereocenters. The molecule has 0 saturated heterocycles. The van der Waals surface area contributed by atoms with Crippen LogP contribution in [-0.2, 0) is 4.79 Å². The summed E-state index contributed by atoms with van der Waals surface area (Å²) in [5.41, 5.74) is 0.908. The molecule has 0 spiro atoms. The number of amides is 1. The Morgan fingerprint density at radius 2 is 2.00 bits per heavy atom. The van der Waals surface area contributed by atoms with E-state index in [0.717, 1.165) is 5.69 Å². The summed E-state index contributed by atoms with van der Waals surface area (Å²) in [6, 6.07) is 9.75. The second-order valence-electron chi connectivity index (χ2n) is 5.33. The molecule has 1 aromatic carbocycles. The molecule has 18 heavy (non-hydrogen) atoms. The molecule has 1 saturated carbocycles. The zero-order valence-electron chi connectivity index (χ0n) is 10.5. The van der Waals surface area contributed by atoms with Crippen LogP contribution < -0.4 is 5.32 Å². The van der Waals surface area contributed by atoms with Crippen molar-refractivity contribution in [2.24, 2.45) is 17.8 Å². The molecule has 2 heteroatoms. The number of carbonyl (C=O) groups is 1. The van der Waals surface area contributed by atoms with Crippen LogP contribution in [0.3, 0.4) is 0 Å². The van der Waals surface area contributed by atoms with Gasteiger partial charge in [0, 0.05) is 11.6 Å². The van der Waals surface area contributed by atoms with Gasteiger partial charge < -0.3 is 5.32 Å². The summed E-state index contributed by atoms with van der Waals surface area (Å²) in [5.74, 6) is 1.49. The van der Waals surface area contributed by atoms with E-state index in [1.165, 1.54) is 25.7 Å². The van der Waals surface area contributed by atoms with E-state index < -0.39 is 0 Å². The molecule has 1 aromatic rings. The highest BCUT2D eigenvalue weighted by Gasteiger charge is 2.52.